The van der Waals surface area contributed by atoms with E-state index in [2.05, 4.69) is 15.3 Å². The highest BCUT2D eigenvalue weighted by molar-refractivity contribution is 7.19. The van der Waals surface area contributed by atoms with Gasteiger partial charge in [0, 0.05) is 17.0 Å². The summed E-state index contributed by atoms with van der Waals surface area (Å²) in [6, 6.07) is 13.1. The van der Waals surface area contributed by atoms with Gasteiger partial charge in [0.25, 0.3) is 5.91 Å². The number of pyridine rings is 1. The molecule has 4 nitrogen and oxygen atoms in total. The van der Waals surface area contributed by atoms with Crippen LogP contribution < -0.4 is 5.32 Å². The molecule has 0 saturated heterocycles. The zero-order valence-electron chi connectivity index (χ0n) is 12.2. The minimum Gasteiger partial charge on any atom is -0.298 e. The standard InChI is InChI=1S/C17H10ClN3OS2/c18-15-6-5-14(24-15)13-9-11(10-3-1-2-4-12(10)20-13)16(22)21-17-19-7-8-23-17/h1-9H,(H,19,21,22). The SMILES string of the molecule is O=C(Nc1nccs1)c1cc(-c2ccc(Cl)s2)nc2ccccc12. The number of aromatic nitrogens is 2. The normalized spacial score (nSPS) is 10.9. The van der Waals surface area contributed by atoms with Gasteiger partial charge in [0.1, 0.15) is 0 Å². The summed E-state index contributed by atoms with van der Waals surface area (Å²) in [7, 11) is 0. The predicted molar refractivity (Wildman–Crippen MR) is 100 cm³/mol. The first-order chi connectivity index (χ1) is 11.7. The Kier molecular flexibility index (Phi) is 4.02. The summed E-state index contributed by atoms with van der Waals surface area (Å²) < 4.78 is 0.689. The number of anilines is 1. The van der Waals surface area contributed by atoms with Crippen LogP contribution in [0.15, 0.2) is 54.0 Å². The Morgan fingerprint density at radius 3 is 2.79 bits per heavy atom. The first-order valence-corrected chi connectivity index (χ1v) is 9.14. The fraction of sp³-hybridized carbons (Fsp3) is 0. The molecule has 0 radical (unpaired) electrons. The van der Waals surface area contributed by atoms with E-state index in [0.29, 0.717) is 15.0 Å². The van der Waals surface area contributed by atoms with Crippen LogP contribution in [0.25, 0.3) is 21.5 Å². The number of fused-ring (bicyclic) bond motifs is 1. The highest BCUT2D eigenvalue weighted by atomic mass is 35.5. The zero-order chi connectivity index (χ0) is 16.5. The minimum atomic E-state index is -0.201. The number of halogens is 1. The molecule has 24 heavy (non-hydrogen) atoms. The third kappa shape index (κ3) is 2.91. The van der Waals surface area contributed by atoms with Crippen molar-refractivity contribution < 1.29 is 4.79 Å². The van der Waals surface area contributed by atoms with Crippen molar-refractivity contribution in [2.45, 2.75) is 0 Å². The number of rotatable bonds is 3. The van der Waals surface area contributed by atoms with Crippen molar-refractivity contribution in [1.82, 2.24) is 9.97 Å². The molecular weight excluding hydrogens is 362 g/mol. The third-order valence-electron chi connectivity index (χ3n) is 3.44. The van der Waals surface area contributed by atoms with Crippen LogP contribution in [0.1, 0.15) is 10.4 Å². The van der Waals surface area contributed by atoms with E-state index >= 15 is 0 Å². The lowest BCUT2D eigenvalue weighted by atomic mass is 10.1. The number of hydrogen-bond donors (Lipinski definition) is 1. The van der Waals surface area contributed by atoms with Crippen LogP contribution in [0.4, 0.5) is 5.13 Å². The van der Waals surface area contributed by atoms with E-state index < -0.39 is 0 Å². The van der Waals surface area contributed by atoms with Gasteiger partial charge in [-0.15, -0.1) is 22.7 Å². The Balaban J connectivity index is 1.84. The lowest BCUT2D eigenvalue weighted by Crippen LogP contribution is -2.12. The summed E-state index contributed by atoms with van der Waals surface area (Å²) in [6.07, 6.45) is 1.66. The van der Waals surface area contributed by atoms with Gasteiger partial charge in [0.05, 0.1) is 26.0 Å². The first kappa shape index (κ1) is 15.3. The van der Waals surface area contributed by atoms with E-state index in [4.69, 9.17) is 11.6 Å². The molecule has 0 aliphatic heterocycles. The van der Waals surface area contributed by atoms with Gasteiger partial charge in [-0.25, -0.2) is 9.97 Å². The smallest absolute Gasteiger partial charge is 0.258 e. The van der Waals surface area contributed by atoms with Gasteiger partial charge in [-0.1, -0.05) is 29.8 Å². The Morgan fingerprint density at radius 1 is 1.17 bits per heavy atom. The van der Waals surface area contributed by atoms with Crippen molar-refractivity contribution in [2.24, 2.45) is 0 Å². The second-order valence-corrected chi connectivity index (χ2v) is 7.58. The summed E-state index contributed by atoms with van der Waals surface area (Å²) in [4.78, 5) is 22.4. The Morgan fingerprint density at radius 2 is 2.04 bits per heavy atom. The van der Waals surface area contributed by atoms with Crippen LogP contribution in [0.5, 0.6) is 0 Å². The fourth-order valence-electron chi connectivity index (χ4n) is 2.39. The maximum Gasteiger partial charge on any atom is 0.258 e. The molecule has 0 fully saturated rings. The Labute approximate surface area is 150 Å². The van der Waals surface area contributed by atoms with E-state index in [0.717, 1.165) is 21.5 Å². The number of carbonyl (C=O) groups is 1. The number of thiophene rings is 1. The summed E-state index contributed by atoms with van der Waals surface area (Å²) in [6.45, 7) is 0. The number of nitrogens with zero attached hydrogens (tertiary/aromatic N) is 2. The molecule has 0 aliphatic rings. The van der Waals surface area contributed by atoms with Crippen molar-refractivity contribution in [2.75, 3.05) is 5.32 Å². The number of carbonyl (C=O) groups excluding carboxylic acids is 1. The summed E-state index contributed by atoms with van der Waals surface area (Å²) in [5.74, 6) is -0.201. The number of nitrogens with one attached hydrogen (secondary N) is 1. The Bertz CT molecular complexity index is 1030. The number of thiazole rings is 1. The van der Waals surface area contributed by atoms with Crippen LogP contribution in [-0.2, 0) is 0 Å². The van der Waals surface area contributed by atoms with E-state index in [1.54, 1.807) is 12.3 Å². The second kappa shape index (κ2) is 6.32. The maximum atomic E-state index is 12.7. The van der Waals surface area contributed by atoms with Crippen molar-refractivity contribution in [3.8, 4) is 10.6 Å². The predicted octanol–water partition coefficient (Wildman–Crippen LogP) is 5.33. The van der Waals surface area contributed by atoms with Crippen molar-refractivity contribution >= 4 is 56.2 Å². The van der Waals surface area contributed by atoms with Gasteiger partial charge in [-0.05, 0) is 24.3 Å². The van der Waals surface area contributed by atoms with Gasteiger partial charge in [0.2, 0.25) is 0 Å². The van der Waals surface area contributed by atoms with Crippen molar-refractivity contribution in [1.29, 1.82) is 0 Å². The van der Waals surface area contributed by atoms with Crippen LogP contribution in [0.3, 0.4) is 0 Å². The average Bonchev–Trinajstić information content (AvgIpc) is 3.25. The molecule has 3 heterocycles. The topological polar surface area (TPSA) is 54.9 Å². The van der Waals surface area contributed by atoms with Gasteiger partial charge in [-0.3, -0.25) is 10.1 Å². The summed E-state index contributed by atoms with van der Waals surface area (Å²) in [5.41, 5.74) is 2.06. The Hall–Kier alpha value is -2.28. The van der Waals surface area contributed by atoms with Crippen LogP contribution in [0.2, 0.25) is 4.34 Å². The summed E-state index contributed by atoms with van der Waals surface area (Å²) in [5, 5.41) is 6.03. The highest BCUT2D eigenvalue weighted by Gasteiger charge is 2.15. The molecule has 4 rings (SSSR count). The molecule has 0 bridgehead atoms. The van der Waals surface area contributed by atoms with Gasteiger partial charge in [0.15, 0.2) is 5.13 Å². The molecule has 0 unspecified atom stereocenters. The van der Waals surface area contributed by atoms with Crippen LogP contribution in [0, 0.1) is 0 Å². The molecule has 3 aromatic heterocycles. The van der Waals surface area contributed by atoms with E-state index in [9.17, 15) is 4.79 Å². The average molecular weight is 372 g/mol. The number of benzene rings is 1. The molecule has 0 aliphatic carbocycles. The summed E-state index contributed by atoms with van der Waals surface area (Å²) >= 11 is 8.85. The van der Waals surface area contributed by atoms with E-state index in [1.165, 1.54) is 22.7 Å². The number of amides is 1. The fourth-order valence-corrected chi connectivity index (χ4v) is 3.92. The highest BCUT2D eigenvalue weighted by Crippen LogP contribution is 2.32. The molecule has 4 aromatic rings. The lowest BCUT2D eigenvalue weighted by Gasteiger charge is -2.08. The monoisotopic (exact) mass is 371 g/mol. The maximum absolute atomic E-state index is 12.7. The van der Waals surface area contributed by atoms with Gasteiger partial charge in [-0.2, -0.15) is 0 Å². The molecule has 118 valence electrons. The second-order valence-electron chi connectivity index (χ2n) is 4.97. The lowest BCUT2D eigenvalue weighted by molar-refractivity contribution is 0.102. The molecule has 1 aromatic carbocycles. The quantitative estimate of drug-likeness (QED) is 0.529. The number of para-hydroxylation sites is 1. The van der Waals surface area contributed by atoms with Crippen LogP contribution in [-0.4, -0.2) is 15.9 Å². The molecule has 0 saturated carbocycles. The first-order valence-electron chi connectivity index (χ1n) is 7.07. The molecule has 1 N–H and O–H groups in total. The van der Waals surface area contributed by atoms with Crippen molar-refractivity contribution in [3.63, 3.8) is 0 Å². The van der Waals surface area contributed by atoms with Crippen molar-refractivity contribution in [3.05, 3.63) is 63.9 Å². The molecule has 1 amide bonds. The van der Waals surface area contributed by atoms with Gasteiger partial charge >= 0.3 is 0 Å². The minimum absolute atomic E-state index is 0.201. The molecule has 0 atom stereocenters. The zero-order valence-corrected chi connectivity index (χ0v) is 14.6. The largest absolute Gasteiger partial charge is 0.298 e. The van der Waals surface area contributed by atoms with E-state index in [-0.39, 0.29) is 5.91 Å². The number of hydrogen-bond acceptors (Lipinski definition) is 5. The third-order valence-corrected chi connectivity index (χ3v) is 5.38. The van der Waals surface area contributed by atoms with Crippen LogP contribution >= 0.6 is 34.3 Å². The molecule has 0 spiro atoms. The molecular formula is C17H10ClN3OS2. The van der Waals surface area contributed by atoms with Gasteiger partial charge < -0.3 is 0 Å². The molecule has 7 heteroatoms. The van der Waals surface area contributed by atoms with E-state index in [1.807, 2.05) is 41.8 Å².